The Morgan fingerprint density at radius 1 is 0.483 bits per heavy atom. The second-order valence-electron chi connectivity index (χ2n) is 16.2. The molecule has 0 bridgehead atoms. The molecule has 9 nitrogen and oxygen atoms in total. The molecule has 2 unspecified atom stereocenters. The Morgan fingerprint density at radius 3 is 1.24 bits per heavy atom. The number of unbranched alkanes of at least 4 members (excludes halogenated alkanes) is 16. The molecule has 0 spiro atoms. The van der Waals surface area contributed by atoms with Gasteiger partial charge in [0.1, 0.15) is 11.5 Å². The van der Waals surface area contributed by atoms with E-state index in [-0.39, 0.29) is 35.0 Å². The van der Waals surface area contributed by atoms with Crippen LogP contribution in [-0.4, -0.2) is 37.7 Å². The van der Waals surface area contributed by atoms with E-state index in [4.69, 9.17) is 9.47 Å². The Hall–Kier alpha value is -3.88. The third-order valence-corrected chi connectivity index (χ3v) is 11.2. The topological polar surface area (TPSA) is 123 Å². The van der Waals surface area contributed by atoms with E-state index in [0.29, 0.717) is 34.1 Å². The Morgan fingerprint density at radius 2 is 0.862 bits per heavy atom. The Labute approximate surface area is 352 Å². The highest BCUT2D eigenvalue weighted by atomic mass is 16.5. The van der Waals surface area contributed by atoms with Crippen molar-refractivity contribution >= 4 is 40.6 Å². The summed E-state index contributed by atoms with van der Waals surface area (Å²) in [7, 11) is 2.94. The minimum atomic E-state index is -0.464. The lowest BCUT2D eigenvalue weighted by atomic mass is 9.93. The van der Waals surface area contributed by atoms with E-state index in [1.807, 2.05) is 0 Å². The molecule has 0 radical (unpaired) electrons. The fourth-order valence-corrected chi connectivity index (χ4v) is 7.65. The number of amides is 3. The van der Waals surface area contributed by atoms with Crippen LogP contribution in [-0.2, 0) is 9.59 Å². The Kier molecular flexibility index (Phi) is 26.2. The van der Waals surface area contributed by atoms with Crippen LogP contribution in [0.1, 0.15) is 209 Å². The molecule has 58 heavy (non-hydrogen) atoms. The molecule has 3 N–H and O–H groups in total. The first-order valence-corrected chi connectivity index (χ1v) is 23.0. The van der Waals surface area contributed by atoms with Crippen LogP contribution in [0.25, 0.3) is 0 Å². The number of carbonyl (C=O) groups is 4. The van der Waals surface area contributed by atoms with E-state index in [2.05, 4.69) is 43.6 Å². The first-order chi connectivity index (χ1) is 28.1. The van der Waals surface area contributed by atoms with E-state index in [0.717, 1.165) is 103 Å². The molecular weight excluding hydrogens is 727 g/mol. The van der Waals surface area contributed by atoms with Crippen LogP contribution in [0, 0.1) is 11.8 Å². The summed E-state index contributed by atoms with van der Waals surface area (Å²) in [5, 5.41) is 9.24. The summed E-state index contributed by atoms with van der Waals surface area (Å²) in [6.07, 6.45) is 26.0. The van der Waals surface area contributed by atoms with Gasteiger partial charge in [0.05, 0.1) is 25.5 Å². The molecule has 2 aromatic rings. The summed E-state index contributed by atoms with van der Waals surface area (Å²) in [5.74, 6) is -0.432. The zero-order valence-corrected chi connectivity index (χ0v) is 37.5. The van der Waals surface area contributed by atoms with Crippen LogP contribution in [0.5, 0.6) is 11.5 Å². The van der Waals surface area contributed by atoms with E-state index >= 15 is 0 Å². The highest BCUT2D eigenvalue weighted by Gasteiger charge is 2.23. The van der Waals surface area contributed by atoms with Crippen LogP contribution in [0.4, 0.5) is 17.1 Å². The normalized spacial score (nSPS) is 12.1. The lowest BCUT2D eigenvalue weighted by Gasteiger charge is -2.20. The maximum Gasteiger partial charge on any atom is 0.255 e. The minimum absolute atomic E-state index is 0.0528. The molecule has 0 aliphatic heterocycles. The maximum atomic E-state index is 14.0. The quantitative estimate of drug-likeness (QED) is 0.0488. The van der Waals surface area contributed by atoms with E-state index in [1.54, 1.807) is 30.3 Å². The van der Waals surface area contributed by atoms with E-state index < -0.39 is 5.91 Å². The summed E-state index contributed by atoms with van der Waals surface area (Å²) in [5.41, 5.74) is 1.84. The van der Waals surface area contributed by atoms with Crippen molar-refractivity contribution in [2.45, 2.75) is 189 Å². The molecule has 326 valence electrons. The van der Waals surface area contributed by atoms with Crippen LogP contribution in [0.15, 0.2) is 30.3 Å². The van der Waals surface area contributed by atoms with Crippen LogP contribution in [0.3, 0.4) is 0 Å². The molecule has 9 heteroatoms. The number of ketones is 1. The number of ether oxygens (including phenoxy) is 2. The molecule has 0 aliphatic rings. The van der Waals surface area contributed by atoms with Crippen molar-refractivity contribution in [2.24, 2.45) is 11.8 Å². The first-order valence-electron chi connectivity index (χ1n) is 23.0. The molecule has 3 amide bonds. The number of nitrogens with one attached hydrogen (secondary N) is 3. The lowest BCUT2D eigenvalue weighted by Crippen LogP contribution is -2.25. The number of hydrogen-bond donors (Lipinski definition) is 3. The Balaban J connectivity index is 2.46. The van der Waals surface area contributed by atoms with Crippen molar-refractivity contribution < 1.29 is 28.7 Å². The van der Waals surface area contributed by atoms with Crippen LogP contribution in [0.2, 0.25) is 0 Å². The van der Waals surface area contributed by atoms with Gasteiger partial charge < -0.3 is 25.4 Å². The summed E-state index contributed by atoms with van der Waals surface area (Å²) >= 11 is 0. The van der Waals surface area contributed by atoms with Gasteiger partial charge in [0, 0.05) is 34.8 Å². The molecule has 2 atom stereocenters. The monoisotopic (exact) mass is 806 g/mol. The highest BCUT2D eigenvalue weighted by Crippen LogP contribution is 2.34. The molecule has 0 aromatic heterocycles. The highest BCUT2D eigenvalue weighted by molar-refractivity contribution is 6.08. The van der Waals surface area contributed by atoms with Crippen molar-refractivity contribution in [3.05, 3.63) is 41.5 Å². The predicted molar refractivity (Wildman–Crippen MR) is 242 cm³/mol. The van der Waals surface area contributed by atoms with Crippen molar-refractivity contribution in [3.8, 4) is 11.5 Å². The summed E-state index contributed by atoms with van der Waals surface area (Å²) < 4.78 is 11.0. The van der Waals surface area contributed by atoms with Gasteiger partial charge in [0.15, 0.2) is 5.78 Å². The molecule has 0 saturated carbocycles. The van der Waals surface area contributed by atoms with E-state index in [1.165, 1.54) is 72.5 Å². The smallest absolute Gasteiger partial charge is 0.255 e. The molecular formula is C49H79N3O6. The first kappa shape index (κ1) is 50.3. The number of hydrogen-bond acceptors (Lipinski definition) is 6. The number of carbonyl (C=O) groups excluding carboxylic acids is 4. The molecule has 0 aliphatic carbocycles. The van der Waals surface area contributed by atoms with Crippen molar-refractivity contribution in [1.82, 2.24) is 0 Å². The zero-order chi connectivity index (χ0) is 42.5. The van der Waals surface area contributed by atoms with Crippen LogP contribution >= 0.6 is 0 Å². The van der Waals surface area contributed by atoms with E-state index in [9.17, 15) is 19.2 Å². The van der Waals surface area contributed by atoms with Crippen molar-refractivity contribution in [2.75, 3.05) is 30.2 Å². The maximum absolute atomic E-state index is 14.0. The lowest BCUT2D eigenvalue weighted by molar-refractivity contribution is -0.121. The van der Waals surface area contributed by atoms with Gasteiger partial charge in [-0.3, -0.25) is 19.2 Å². The van der Waals surface area contributed by atoms with Gasteiger partial charge in [-0.1, -0.05) is 156 Å². The molecule has 0 heterocycles. The summed E-state index contributed by atoms with van der Waals surface area (Å²) in [6.45, 7) is 10.3. The number of methoxy groups -OCH3 is 2. The predicted octanol–water partition coefficient (Wildman–Crippen LogP) is 13.7. The molecule has 0 saturated heterocycles. The SMILES string of the molecule is CCCCCCCCC(CCCCCC)C(=O)Nc1cc(NC(=O)C(CCCCCC)CCCCCCCC)cc(C(=O)Nc2cc(OC)c(C(C)=O)cc2OC)c1. The largest absolute Gasteiger partial charge is 0.496 e. The fraction of sp³-hybridized carbons (Fsp3) is 0.673. The standard InChI is InChI=1S/C49H79N3O6/c1-8-12-16-20-22-26-30-38(28-24-18-14-10-3)47(54)50-41-32-40(49(56)52-44-36-45(57-6)43(37(5)53)35-46(44)58-7)33-42(34-41)51-48(55)39(29-25-19-15-11-4)31-27-23-21-17-13-9-2/h32-36,38-39H,8-31H2,1-7H3,(H,50,54)(H,51,55)(H,52,56). The van der Waals surface area contributed by atoms with Crippen molar-refractivity contribution in [1.29, 1.82) is 0 Å². The van der Waals surface area contributed by atoms with Gasteiger partial charge in [0.2, 0.25) is 11.8 Å². The van der Waals surface area contributed by atoms with Crippen molar-refractivity contribution in [3.63, 3.8) is 0 Å². The number of Topliss-reactive ketones (excluding diaryl/α,β-unsaturated/α-hetero) is 1. The van der Waals surface area contributed by atoms with Gasteiger partial charge in [-0.2, -0.15) is 0 Å². The third-order valence-electron chi connectivity index (χ3n) is 11.2. The zero-order valence-electron chi connectivity index (χ0n) is 37.5. The minimum Gasteiger partial charge on any atom is -0.496 e. The fourth-order valence-electron chi connectivity index (χ4n) is 7.65. The third kappa shape index (κ3) is 19.2. The second-order valence-corrected chi connectivity index (χ2v) is 16.2. The molecule has 0 fully saturated rings. The molecule has 2 aromatic carbocycles. The number of anilines is 3. The van der Waals surface area contributed by atoms with Gasteiger partial charge in [-0.25, -0.2) is 0 Å². The summed E-state index contributed by atoms with van der Waals surface area (Å²) in [6, 6.07) is 8.21. The number of rotatable bonds is 33. The van der Waals surface area contributed by atoms with Gasteiger partial charge in [-0.15, -0.1) is 0 Å². The second kappa shape index (κ2) is 30.2. The summed E-state index contributed by atoms with van der Waals surface area (Å²) in [4.78, 5) is 54.4. The Bertz CT molecular complexity index is 1440. The number of benzene rings is 2. The van der Waals surface area contributed by atoms with Gasteiger partial charge in [-0.05, 0) is 56.9 Å². The molecule has 2 rings (SSSR count). The van der Waals surface area contributed by atoms with Gasteiger partial charge >= 0.3 is 0 Å². The van der Waals surface area contributed by atoms with Crippen LogP contribution < -0.4 is 25.4 Å². The average molecular weight is 806 g/mol. The van der Waals surface area contributed by atoms with Gasteiger partial charge in [0.25, 0.3) is 5.91 Å². The average Bonchev–Trinajstić information content (AvgIpc) is 3.21.